The number of ether oxygens (including phenoxy) is 2. The van der Waals surface area contributed by atoms with E-state index in [4.69, 9.17) is 15.2 Å². The Morgan fingerprint density at radius 1 is 0.870 bits per heavy atom. The van der Waals surface area contributed by atoms with Gasteiger partial charge >= 0.3 is 0 Å². The van der Waals surface area contributed by atoms with Crippen molar-refractivity contribution in [2.24, 2.45) is 5.73 Å². The molecule has 0 aromatic heterocycles. The van der Waals surface area contributed by atoms with E-state index in [-0.39, 0.29) is 40.0 Å². The number of para-hydroxylation sites is 1. The van der Waals surface area contributed by atoms with Gasteiger partial charge in [0.15, 0.2) is 28.8 Å². The van der Waals surface area contributed by atoms with Crippen LogP contribution in [0.25, 0.3) is 12.2 Å². The van der Waals surface area contributed by atoms with Crippen molar-refractivity contribution in [1.82, 2.24) is 0 Å². The Hall–Kier alpha value is -6.27. The quantitative estimate of drug-likeness (QED) is 0.175. The second-order valence-corrected chi connectivity index (χ2v) is 10.3. The highest BCUT2D eigenvalue weighted by molar-refractivity contribution is 6.10. The first-order valence-corrected chi connectivity index (χ1v) is 14.1. The Labute approximate surface area is 265 Å². The fraction of sp³-hybridized carbons (Fsp3) is 0.0811. The normalized spacial score (nSPS) is 15.0. The van der Waals surface area contributed by atoms with Crippen molar-refractivity contribution < 1.29 is 28.9 Å². The van der Waals surface area contributed by atoms with Crippen molar-refractivity contribution in [3.05, 3.63) is 148 Å². The lowest BCUT2D eigenvalue weighted by atomic mass is 9.79. The number of carbonyl (C=O) groups excluding carboxylic acids is 1. The molecule has 8 nitrogen and oxygen atoms in total. The first-order valence-electron chi connectivity index (χ1n) is 14.1. The van der Waals surface area contributed by atoms with Crippen molar-refractivity contribution in [3.63, 3.8) is 0 Å². The van der Waals surface area contributed by atoms with Crippen LogP contribution >= 0.6 is 0 Å². The minimum atomic E-state index is -0.939. The Kier molecular flexibility index (Phi) is 9.20. The average molecular weight is 616 g/mol. The number of methoxy groups -OCH3 is 2. The van der Waals surface area contributed by atoms with E-state index in [1.54, 1.807) is 59.5 Å². The van der Waals surface area contributed by atoms with Crippen molar-refractivity contribution in [3.8, 4) is 29.1 Å². The largest absolute Gasteiger partial charge is 0.504 e. The summed E-state index contributed by atoms with van der Waals surface area (Å²) in [4.78, 5) is 16.0. The first-order chi connectivity index (χ1) is 22.2. The van der Waals surface area contributed by atoms with Gasteiger partial charge in [0.1, 0.15) is 11.6 Å². The van der Waals surface area contributed by atoms with Crippen LogP contribution in [-0.2, 0) is 4.79 Å². The molecule has 4 aromatic rings. The summed E-state index contributed by atoms with van der Waals surface area (Å²) in [6.45, 7) is 0. The summed E-state index contributed by atoms with van der Waals surface area (Å²) >= 11 is 0. The third-order valence-electron chi connectivity index (χ3n) is 7.48. The number of hydrogen-bond acceptors (Lipinski definition) is 8. The standard InChI is InChI=1S/C37H30FN3O5/c1-45-33-20-23(9-17-30(33)42)8-16-29-36(32(44)19-11-24-10-18-31(43)34(21-24)46-2)35(25-12-14-26(38)15-13-25)28(22-39)37(40)41(29)27-6-4-3-5-7-27/h3-21,35,42-43H,40H2,1-2H3. The highest BCUT2D eigenvalue weighted by Crippen LogP contribution is 2.43. The Morgan fingerprint density at radius 3 is 2.02 bits per heavy atom. The Morgan fingerprint density at radius 2 is 1.46 bits per heavy atom. The highest BCUT2D eigenvalue weighted by atomic mass is 19.1. The van der Waals surface area contributed by atoms with Crippen LogP contribution in [0, 0.1) is 17.1 Å². The van der Waals surface area contributed by atoms with E-state index in [9.17, 15) is 24.7 Å². The molecule has 0 amide bonds. The van der Waals surface area contributed by atoms with Gasteiger partial charge in [0.2, 0.25) is 0 Å². The smallest absolute Gasteiger partial charge is 0.184 e. The molecule has 4 aromatic carbocycles. The number of halogens is 1. The molecule has 1 heterocycles. The van der Waals surface area contributed by atoms with Gasteiger partial charge in [0.05, 0.1) is 37.5 Å². The average Bonchev–Trinajstić information content (AvgIpc) is 3.07. The number of benzene rings is 4. The van der Waals surface area contributed by atoms with Crippen LogP contribution in [0.5, 0.6) is 23.0 Å². The molecule has 9 heteroatoms. The molecule has 46 heavy (non-hydrogen) atoms. The molecule has 5 rings (SSSR count). The number of ketones is 1. The Bertz CT molecular complexity index is 1940. The number of phenolic OH excluding ortho intramolecular Hbond substituents is 2. The van der Waals surface area contributed by atoms with Gasteiger partial charge in [0.25, 0.3) is 0 Å². The molecule has 0 saturated carbocycles. The first kappa shape index (κ1) is 31.2. The van der Waals surface area contributed by atoms with Crippen molar-refractivity contribution in [2.45, 2.75) is 5.92 Å². The number of nitrogens with two attached hydrogens (primary N) is 1. The van der Waals surface area contributed by atoms with E-state index in [0.717, 1.165) is 0 Å². The maximum absolute atomic E-state index is 14.4. The number of nitriles is 1. The molecule has 0 bridgehead atoms. The minimum Gasteiger partial charge on any atom is -0.504 e. The minimum absolute atomic E-state index is 0.0310. The fourth-order valence-electron chi connectivity index (χ4n) is 5.24. The van der Waals surface area contributed by atoms with Crippen LogP contribution in [0.2, 0.25) is 0 Å². The summed E-state index contributed by atoms with van der Waals surface area (Å²) in [6.07, 6.45) is 6.39. The summed E-state index contributed by atoms with van der Waals surface area (Å²) in [5, 5.41) is 30.6. The molecular weight excluding hydrogens is 585 g/mol. The van der Waals surface area contributed by atoms with Gasteiger partial charge in [-0.05, 0) is 77.4 Å². The predicted molar refractivity (Wildman–Crippen MR) is 174 cm³/mol. The van der Waals surface area contributed by atoms with Crippen molar-refractivity contribution in [2.75, 3.05) is 19.1 Å². The van der Waals surface area contributed by atoms with Crippen LogP contribution in [0.3, 0.4) is 0 Å². The monoisotopic (exact) mass is 615 g/mol. The lowest BCUT2D eigenvalue weighted by Gasteiger charge is -2.36. The molecule has 230 valence electrons. The SMILES string of the molecule is COc1cc(C=CC(=O)C2=C(C=Cc3ccc(O)c(OC)c3)N(c3ccccc3)C(N)=C(C#N)C2c2ccc(F)cc2)ccc1O. The van der Waals surface area contributed by atoms with Gasteiger partial charge in [-0.1, -0.05) is 54.6 Å². The number of aromatic hydroxyl groups is 2. The summed E-state index contributed by atoms with van der Waals surface area (Å²) < 4.78 is 24.5. The summed E-state index contributed by atoms with van der Waals surface area (Å²) in [5.41, 5.74) is 9.78. The van der Waals surface area contributed by atoms with E-state index in [0.29, 0.717) is 28.1 Å². The number of phenols is 2. The lowest BCUT2D eigenvalue weighted by molar-refractivity contribution is -0.111. The summed E-state index contributed by atoms with van der Waals surface area (Å²) in [5.74, 6) is -1.32. The number of rotatable bonds is 9. The van der Waals surface area contributed by atoms with E-state index >= 15 is 0 Å². The van der Waals surface area contributed by atoms with Crippen molar-refractivity contribution in [1.29, 1.82) is 5.26 Å². The molecule has 0 fully saturated rings. The molecule has 1 unspecified atom stereocenters. The molecule has 1 aliphatic heterocycles. The number of anilines is 1. The van der Waals surface area contributed by atoms with Gasteiger partial charge in [-0.25, -0.2) is 4.39 Å². The van der Waals surface area contributed by atoms with E-state index < -0.39 is 17.5 Å². The fourth-order valence-corrected chi connectivity index (χ4v) is 5.24. The molecule has 0 radical (unpaired) electrons. The molecule has 1 aliphatic rings. The molecule has 0 saturated heterocycles. The second-order valence-electron chi connectivity index (χ2n) is 10.3. The predicted octanol–water partition coefficient (Wildman–Crippen LogP) is 6.80. The van der Waals surface area contributed by atoms with Crippen LogP contribution < -0.4 is 20.1 Å². The highest BCUT2D eigenvalue weighted by Gasteiger charge is 2.37. The number of nitrogens with zero attached hydrogens (tertiary/aromatic N) is 2. The zero-order valence-electron chi connectivity index (χ0n) is 25.0. The van der Waals surface area contributed by atoms with E-state index in [2.05, 4.69) is 6.07 Å². The third kappa shape index (κ3) is 6.32. The molecular formula is C37H30FN3O5. The van der Waals surface area contributed by atoms with Crippen LogP contribution in [0.1, 0.15) is 22.6 Å². The van der Waals surface area contributed by atoms with Gasteiger partial charge in [-0.3, -0.25) is 9.69 Å². The second kappa shape index (κ2) is 13.6. The van der Waals surface area contributed by atoms with Gasteiger partial charge in [0, 0.05) is 11.3 Å². The lowest BCUT2D eigenvalue weighted by Crippen LogP contribution is -2.36. The number of hydrogen-bond donors (Lipinski definition) is 3. The van der Waals surface area contributed by atoms with E-state index in [1.807, 2.05) is 18.2 Å². The molecule has 0 aliphatic carbocycles. The molecule has 0 spiro atoms. The third-order valence-corrected chi connectivity index (χ3v) is 7.48. The van der Waals surface area contributed by atoms with Crippen LogP contribution in [-0.4, -0.2) is 30.2 Å². The van der Waals surface area contributed by atoms with E-state index in [1.165, 1.54) is 56.7 Å². The topological polar surface area (TPSA) is 129 Å². The number of allylic oxidation sites excluding steroid dienone is 4. The zero-order chi connectivity index (χ0) is 32.8. The molecule has 1 atom stereocenters. The Balaban J connectivity index is 1.76. The van der Waals surface area contributed by atoms with Gasteiger partial charge in [-0.2, -0.15) is 5.26 Å². The summed E-state index contributed by atoms with van der Waals surface area (Å²) in [7, 11) is 2.87. The number of carbonyl (C=O) groups is 1. The maximum Gasteiger partial charge on any atom is 0.184 e. The maximum atomic E-state index is 14.4. The van der Waals surface area contributed by atoms with Gasteiger partial charge < -0.3 is 25.4 Å². The zero-order valence-corrected chi connectivity index (χ0v) is 25.0. The van der Waals surface area contributed by atoms with Crippen LogP contribution in [0.4, 0.5) is 10.1 Å². The molecule has 4 N–H and O–H groups in total. The van der Waals surface area contributed by atoms with Crippen molar-refractivity contribution >= 4 is 23.6 Å². The summed E-state index contributed by atoms with van der Waals surface area (Å²) in [6, 6.07) is 26.3. The van der Waals surface area contributed by atoms with Crippen LogP contribution in [0.15, 0.2) is 126 Å². The van der Waals surface area contributed by atoms with Gasteiger partial charge in [-0.15, -0.1) is 0 Å².